The number of nitrogens with one attached hydrogen (secondary N) is 1. The normalized spacial score (nSPS) is 16.2. The number of aliphatic imine (C=N–C) groups is 1. The van der Waals surface area contributed by atoms with Gasteiger partial charge in [0, 0.05) is 6.54 Å². The Morgan fingerprint density at radius 2 is 1.65 bits per heavy atom. The molecule has 2 rings (SSSR count). The van der Waals surface area contributed by atoms with Gasteiger partial charge in [0.15, 0.2) is 6.10 Å². The van der Waals surface area contributed by atoms with Crippen LogP contribution in [0.3, 0.4) is 0 Å². The van der Waals surface area contributed by atoms with Crippen LogP contribution in [-0.4, -0.2) is 65.2 Å². The quantitative estimate of drug-likeness (QED) is 0.477. The molecule has 0 unspecified atom stereocenters. The van der Waals surface area contributed by atoms with Crippen molar-refractivity contribution in [2.45, 2.75) is 84.2 Å². The highest BCUT2D eigenvalue weighted by Gasteiger charge is 2.57. The van der Waals surface area contributed by atoms with Crippen LogP contribution in [0.15, 0.2) is 23.2 Å². The summed E-state index contributed by atoms with van der Waals surface area (Å²) in [5, 5.41) is 1.65. The highest BCUT2D eigenvalue weighted by Crippen LogP contribution is 2.37. The molecular formula is C24H34F4N4O5. The average Bonchev–Trinajstić information content (AvgIpc) is 2.70. The molecule has 208 valence electrons. The van der Waals surface area contributed by atoms with Gasteiger partial charge in [0.2, 0.25) is 0 Å². The van der Waals surface area contributed by atoms with Crippen molar-refractivity contribution in [1.29, 1.82) is 0 Å². The molecule has 0 saturated carbocycles. The first-order valence-electron chi connectivity index (χ1n) is 11.5. The molecule has 37 heavy (non-hydrogen) atoms. The van der Waals surface area contributed by atoms with E-state index in [1.54, 1.807) is 12.2 Å². The maximum atomic E-state index is 14.9. The summed E-state index contributed by atoms with van der Waals surface area (Å²) in [6.45, 7) is 6.79. The molecule has 1 aliphatic rings. The molecule has 2 amide bonds. The van der Waals surface area contributed by atoms with Gasteiger partial charge >= 0.3 is 24.0 Å². The molecule has 1 aromatic carbocycles. The lowest BCUT2D eigenvalue weighted by Crippen LogP contribution is -2.56. The lowest BCUT2D eigenvalue weighted by atomic mass is 10.1. The number of hydrogen-bond acceptors (Lipinski definition) is 7. The fraction of sp³-hybridized carbons (Fsp3) is 0.625. The van der Waals surface area contributed by atoms with Crippen LogP contribution in [-0.2, 0) is 16.0 Å². The molecule has 0 aliphatic carbocycles. The largest absolute Gasteiger partial charge is 0.481 e. The van der Waals surface area contributed by atoms with E-state index in [-0.39, 0.29) is 5.84 Å². The third-order valence-corrected chi connectivity index (χ3v) is 4.80. The van der Waals surface area contributed by atoms with Gasteiger partial charge in [0.05, 0.1) is 13.1 Å². The van der Waals surface area contributed by atoms with E-state index in [1.165, 1.54) is 59.7 Å². The molecule has 0 saturated heterocycles. The number of halogens is 4. The summed E-state index contributed by atoms with van der Waals surface area (Å²) in [6.07, 6.45) is -2.97. The monoisotopic (exact) mass is 534 g/mol. The fourth-order valence-electron chi connectivity index (χ4n) is 3.04. The lowest BCUT2D eigenvalue weighted by molar-refractivity contribution is -0.211. The number of nitrogens with zero attached hydrogens (tertiary/aromatic N) is 2. The minimum absolute atomic E-state index is 0.192. The van der Waals surface area contributed by atoms with Gasteiger partial charge in [-0.3, -0.25) is 4.90 Å². The fourth-order valence-corrected chi connectivity index (χ4v) is 3.04. The van der Waals surface area contributed by atoms with Crippen molar-refractivity contribution >= 4 is 23.7 Å². The summed E-state index contributed by atoms with van der Waals surface area (Å²) >= 11 is 0. The summed E-state index contributed by atoms with van der Waals surface area (Å²) in [6, 6.07) is 4.45. The summed E-state index contributed by atoms with van der Waals surface area (Å²) < 4.78 is 74.4. The molecule has 0 aromatic heterocycles. The van der Waals surface area contributed by atoms with Gasteiger partial charge in [0.25, 0.3) is 0 Å². The highest BCUT2D eigenvalue weighted by molar-refractivity contribution is 5.89. The second-order valence-corrected chi connectivity index (χ2v) is 10.7. The predicted octanol–water partition coefficient (Wildman–Crippen LogP) is 4.99. The average molecular weight is 535 g/mol. The number of ether oxygens (including phenoxy) is 3. The van der Waals surface area contributed by atoms with Crippen molar-refractivity contribution in [2.75, 3.05) is 13.1 Å². The Kier molecular flexibility index (Phi) is 8.61. The van der Waals surface area contributed by atoms with Crippen LogP contribution < -0.4 is 15.8 Å². The molecule has 3 N–H and O–H groups in total. The van der Waals surface area contributed by atoms with Crippen molar-refractivity contribution in [3.63, 3.8) is 0 Å². The number of carbonyl (C=O) groups excluding carboxylic acids is 2. The molecule has 13 heteroatoms. The molecule has 1 heterocycles. The molecule has 0 spiro atoms. The summed E-state index contributed by atoms with van der Waals surface area (Å²) in [7, 11) is 0. The van der Waals surface area contributed by atoms with E-state index in [2.05, 4.69) is 4.99 Å². The van der Waals surface area contributed by atoms with E-state index >= 15 is 0 Å². The summed E-state index contributed by atoms with van der Waals surface area (Å²) in [4.78, 5) is 29.1. The molecule has 1 aromatic rings. The number of amides is 2. The van der Waals surface area contributed by atoms with Gasteiger partial charge in [0.1, 0.15) is 28.5 Å². The van der Waals surface area contributed by atoms with Crippen LogP contribution in [0.1, 0.15) is 54.0 Å². The first-order chi connectivity index (χ1) is 16.7. The number of benzene rings is 1. The van der Waals surface area contributed by atoms with Crippen molar-refractivity contribution < 1.29 is 41.4 Å². The van der Waals surface area contributed by atoms with Crippen molar-refractivity contribution in [3.8, 4) is 5.75 Å². The van der Waals surface area contributed by atoms with Crippen LogP contribution in [0.2, 0.25) is 0 Å². The zero-order chi connectivity index (χ0) is 28.4. The Bertz CT molecular complexity index is 1030. The zero-order valence-corrected chi connectivity index (χ0v) is 22.0. The Morgan fingerprint density at radius 3 is 2.22 bits per heavy atom. The third kappa shape index (κ3) is 8.67. The molecule has 1 atom stereocenters. The molecule has 0 bridgehead atoms. The van der Waals surface area contributed by atoms with Crippen molar-refractivity contribution in [2.24, 2.45) is 10.7 Å². The standard InChI is InChI=1S/C24H34F4N4O5/c1-14-18(29)31-16-10-15(8-9-17(16)35-14)11-32(20(34)37-22(5,6)7)13-24(27,28)23(25,26)12-30-19(33)36-21(2,3)4/h8-10,14H,11-13H2,1-7H3,(H2,29,31)(H,30,33)/t14-/m1/s1. The first kappa shape index (κ1) is 30.0. The smallest absolute Gasteiger partial charge is 0.410 e. The number of amidine groups is 1. The number of nitrogens with two attached hydrogens (primary N) is 1. The van der Waals surface area contributed by atoms with Gasteiger partial charge in [-0.15, -0.1) is 0 Å². The predicted molar refractivity (Wildman–Crippen MR) is 129 cm³/mol. The van der Waals surface area contributed by atoms with E-state index in [0.29, 0.717) is 21.9 Å². The Labute approximate surface area is 213 Å². The van der Waals surface area contributed by atoms with E-state index in [1.807, 2.05) is 0 Å². The van der Waals surface area contributed by atoms with E-state index in [4.69, 9.17) is 19.9 Å². The van der Waals surface area contributed by atoms with Crippen LogP contribution in [0.4, 0.5) is 32.8 Å². The number of carbonyl (C=O) groups is 2. The van der Waals surface area contributed by atoms with Crippen molar-refractivity contribution in [1.82, 2.24) is 10.2 Å². The van der Waals surface area contributed by atoms with Gasteiger partial charge in [-0.25, -0.2) is 14.6 Å². The SMILES string of the molecule is C[C@H]1Oc2ccc(CN(CC(F)(F)C(F)(F)CNC(=O)OC(C)(C)C)C(=O)OC(C)(C)C)cc2N=C1N. The summed E-state index contributed by atoms with van der Waals surface area (Å²) in [5.74, 6) is -8.88. The maximum Gasteiger partial charge on any atom is 0.410 e. The van der Waals surface area contributed by atoms with Gasteiger partial charge < -0.3 is 25.3 Å². The molecule has 0 radical (unpaired) electrons. The van der Waals surface area contributed by atoms with Crippen LogP contribution in [0.25, 0.3) is 0 Å². The molecular weight excluding hydrogens is 500 g/mol. The second kappa shape index (κ2) is 10.6. The Morgan fingerprint density at radius 1 is 1.05 bits per heavy atom. The third-order valence-electron chi connectivity index (χ3n) is 4.80. The topological polar surface area (TPSA) is 115 Å². The van der Waals surface area contributed by atoms with Gasteiger partial charge in [-0.05, 0) is 66.2 Å². The van der Waals surface area contributed by atoms with Crippen LogP contribution in [0.5, 0.6) is 5.75 Å². The van der Waals surface area contributed by atoms with Crippen LogP contribution >= 0.6 is 0 Å². The zero-order valence-electron chi connectivity index (χ0n) is 22.0. The van der Waals surface area contributed by atoms with Crippen LogP contribution in [0, 0.1) is 0 Å². The minimum Gasteiger partial charge on any atom is -0.481 e. The number of hydrogen-bond donors (Lipinski definition) is 2. The highest BCUT2D eigenvalue weighted by atomic mass is 19.3. The minimum atomic E-state index is -4.74. The van der Waals surface area contributed by atoms with E-state index in [9.17, 15) is 27.2 Å². The Hall–Kier alpha value is -3.25. The molecule has 0 fully saturated rings. The van der Waals surface area contributed by atoms with Crippen molar-refractivity contribution in [3.05, 3.63) is 23.8 Å². The number of fused-ring (bicyclic) bond motifs is 1. The second-order valence-electron chi connectivity index (χ2n) is 10.7. The molecule has 9 nitrogen and oxygen atoms in total. The number of rotatable bonds is 7. The number of alkyl carbamates (subject to hydrolysis) is 1. The molecule has 1 aliphatic heterocycles. The first-order valence-corrected chi connectivity index (χ1v) is 11.5. The summed E-state index contributed by atoms with van der Waals surface area (Å²) in [5.41, 5.74) is 4.30. The Balaban J connectivity index is 2.26. The van der Waals surface area contributed by atoms with E-state index in [0.717, 1.165) is 0 Å². The lowest BCUT2D eigenvalue weighted by Gasteiger charge is -2.33. The number of alkyl halides is 4. The van der Waals surface area contributed by atoms with Gasteiger partial charge in [-0.1, -0.05) is 6.07 Å². The maximum absolute atomic E-state index is 14.9. The van der Waals surface area contributed by atoms with Gasteiger partial charge in [-0.2, -0.15) is 17.6 Å². The van der Waals surface area contributed by atoms with E-state index < -0.39 is 61.0 Å².